The molecule has 0 saturated heterocycles. The zero-order valence-corrected chi connectivity index (χ0v) is 9.40. The van der Waals surface area contributed by atoms with Gasteiger partial charge in [0.05, 0.1) is 12.0 Å². The third kappa shape index (κ3) is 1.81. The highest BCUT2D eigenvalue weighted by Crippen LogP contribution is 2.40. The van der Waals surface area contributed by atoms with Crippen molar-refractivity contribution in [3.8, 4) is 11.5 Å². The first-order valence-electron chi connectivity index (χ1n) is 5.01. The smallest absolute Gasteiger partial charge is 0.315 e. The maximum absolute atomic E-state index is 12.0. The number of allylic oxidation sites excluding steroid dienone is 2. The van der Waals surface area contributed by atoms with E-state index in [1.165, 1.54) is 25.4 Å². The van der Waals surface area contributed by atoms with Gasteiger partial charge in [-0.15, -0.1) is 0 Å². The number of phenols is 2. The zero-order valence-electron chi connectivity index (χ0n) is 9.40. The lowest BCUT2D eigenvalue weighted by atomic mass is 10.1. The van der Waals surface area contributed by atoms with Crippen LogP contribution in [0, 0.1) is 15.3 Å². The fourth-order valence-corrected chi connectivity index (χ4v) is 1.77. The van der Waals surface area contributed by atoms with Gasteiger partial charge >= 0.3 is 5.69 Å². The highest BCUT2D eigenvalue weighted by molar-refractivity contribution is 5.70. The first-order chi connectivity index (χ1) is 8.33. The van der Waals surface area contributed by atoms with Crippen molar-refractivity contribution < 1.29 is 19.8 Å². The molecule has 7 heteroatoms. The maximum atomic E-state index is 12.0. The molecule has 0 amide bonds. The van der Waals surface area contributed by atoms with E-state index in [0.29, 0.717) is 0 Å². The molecule has 0 bridgehead atoms. The summed E-state index contributed by atoms with van der Waals surface area (Å²) in [6, 6.07) is 2.18. The van der Waals surface area contributed by atoms with Crippen LogP contribution < -0.4 is 0 Å². The summed E-state index contributed by atoms with van der Waals surface area (Å²) < 4.78 is -0.832. The summed E-state index contributed by atoms with van der Waals surface area (Å²) in [4.78, 5) is 9.90. The normalized spacial score (nSPS) is 22.0. The molecule has 1 heterocycles. The second kappa shape index (κ2) is 3.83. The average Bonchev–Trinajstić information content (AvgIpc) is 2.61. The molecule has 94 valence electrons. The van der Waals surface area contributed by atoms with Gasteiger partial charge in [-0.25, -0.2) is 0 Å². The molecule has 1 aromatic carbocycles. The van der Waals surface area contributed by atoms with E-state index >= 15 is 0 Å². The molecule has 0 spiro atoms. The van der Waals surface area contributed by atoms with Crippen molar-refractivity contribution in [2.45, 2.75) is 0 Å². The number of phenolic OH excluding ortho intramolecular Hbond substituents is 2. The Morgan fingerprint density at radius 3 is 2.50 bits per heavy atom. The lowest BCUT2D eigenvalue weighted by Crippen LogP contribution is -2.26. The van der Waals surface area contributed by atoms with Gasteiger partial charge in [0.2, 0.25) is 5.75 Å². The van der Waals surface area contributed by atoms with Crippen molar-refractivity contribution in [3.05, 3.63) is 51.4 Å². The standard InChI is InChI=1S/C11H10N2O5/c1-13(18)4-2-3-9(13)7-5-8(12(16)17)11(15)10(14)6-7/h2-6,14-15H,1H3. The van der Waals surface area contributed by atoms with Crippen molar-refractivity contribution in [2.75, 3.05) is 7.05 Å². The second-order valence-corrected chi connectivity index (χ2v) is 4.00. The minimum atomic E-state index is -0.832. The summed E-state index contributed by atoms with van der Waals surface area (Å²) in [6.07, 6.45) is 4.38. The van der Waals surface area contributed by atoms with E-state index < -0.39 is 26.8 Å². The topological polar surface area (TPSA) is 107 Å². The Morgan fingerprint density at radius 1 is 1.33 bits per heavy atom. The molecule has 0 radical (unpaired) electrons. The number of nitrogens with zero attached hydrogens (tertiary/aromatic N) is 2. The fraction of sp³-hybridized carbons (Fsp3) is 0.0909. The van der Waals surface area contributed by atoms with Crippen molar-refractivity contribution in [1.82, 2.24) is 0 Å². The molecule has 7 nitrogen and oxygen atoms in total. The van der Waals surface area contributed by atoms with Gasteiger partial charge in [-0.3, -0.25) is 10.1 Å². The van der Waals surface area contributed by atoms with Crippen LogP contribution in [-0.4, -0.2) is 26.8 Å². The van der Waals surface area contributed by atoms with Gasteiger partial charge in [0.15, 0.2) is 5.75 Å². The number of benzene rings is 1. The molecule has 1 aromatic rings. The van der Waals surface area contributed by atoms with E-state index in [1.54, 1.807) is 0 Å². The quantitative estimate of drug-likeness (QED) is 0.274. The SMILES string of the molecule is C[N+]1([O-])C=CC=C1c1cc(O)c(O)c([N+](=O)[O-])c1. The van der Waals surface area contributed by atoms with E-state index in [4.69, 9.17) is 0 Å². The molecule has 18 heavy (non-hydrogen) atoms. The van der Waals surface area contributed by atoms with Crippen LogP contribution >= 0.6 is 0 Å². The highest BCUT2D eigenvalue weighted by Gasteiger charge is 2.26. The molecule has 1 atom stereocenters. The van der Waals surface area contributed by atoms with Crippen LogP contribution in [0.5, 0.6) is 11.5 Å². The van der Waals surface area contributed by atoms with Crippen LogP contribution in [0.4, 0.5) is 5.69 Å². The summed E-state index contributed by atoms with van der Waals surface area (Å²) in [7, 11) is 1.35. The third-order valence-electron chi connectivity index (χ3n) is 2.67. The molecule has 0 saturated carbocycles. The molecule has 1 aliphatic rings. The van der Waals surface area contributed by atoms with Crippen LogP contribution in [0.3, 0.4) is 0 Å². The summed E-state index contributed by atoms with van der Waals surface area (Å²) in [6.45, 7) is 0. The Morgan fingerprint density at radius 2 is 2.00 bits per heavy atom. The Hall–Kier alpha value is -2.38. The van der Waals surface area contributed by atoms with Crippen molar-refractivity contribution >= 4 is 11.4 Å². The van der Waals surface area contributed by atoms with Crippen LogP contribution in [0.2, 0.25) is 0 Å². The lowest BCUT2D eigenvalue weighted by molar-refractivity contribution is -0.726. The van der Waals surface area contributed by atoms with Crippen molar-refractivity contribution in [2.24, 2.45) is 0 Å². The van der Waals surface area contributed by atoms with Gasteiger partial charge in [-0.05, 0) is 12.1 Å². The molecule has 1 unspecified atom stereocenters. The summed E-state index contributed by atoms with van der Waals surface area (Å²) >= 11 is 0. The summed E-state index contributed by atoms with van der Waals surface area (Å²) in [5, 5.41) is 41.5. The molecule has 0 aromatic heterocycles. The van der Waals surface area contributed by atoms with Crippen LogP contribution in [0.15, 0.2) is 30.5 Å². The first kappa shape index (κ1) is 12.1. The predicted molar refractivity (Wildman–Crippen MR) is 63.1 cm³/mol. The Balaban J connectivity index is 2.58. The second-order valence-electron chi connectivity index (χ2n) is 4.00. The first-order valence-corrected chi connectivity index (χ1v) is 5.01. The zero-order chi connectivity index (χ0) is 13.5. The van der Waals surface area contributed by atoms with Crippen molar-refractivity contribution in [1.29, 1.82) is 0 Å². The average molecular weight is 250 g/mol. The largest absolute Gasteiger partial charge is 0.622 e. The lowest BCUT2D eigenvalue weighted by Gasteiger charge is -2.33. The Labute approximate surface area is 102 Å². The van der Waals surface area contributed by atoms with Crippen LogP contribution in [0.1, 0.15) is 5.56 Å². The van der Waals surface area contributed by atoms with Crippen LogP contribution in [-0.2, 0) is 0 Å². The fourth-order valence-electron chi connectivity index (χ4n) is 1.77. The minimum absolute atomic E-state index is 0.194. The van der Waals surface area contributed by atoms with E-state index in [0.717, 1.165) is 12.1 Å². The number of nitro benzene ring substituents is 1. The summed E-state index contributed by atoms with van der Waals surface area (Å²) in [5.41, 5.74) is -0.203. The van der Waals surface area contributed by atoms with Gasteiger partial charge in [-0.2, -0.15) is 0 Å². The predicted octanol–water partition coefficient (Wildman–Crippen LogP) is 1.82. The summed E-state index contributed by atoms with van der Waals surface area (Å²) in [5.74, 6) is -1.44. The van der Waals surface area contributed by atoms with Gasteiger partial charge in [0.1, 0.15) is 11.9 Å². The van der Waals surface area contributed by atoms with Crippen LogP contribution in [0.25, 0.3) is 5.70 Å². The molecular formula is C11H10N2O5. The third-order valence-corrected chi connectivity index (χ3v) is 2.67. The minimum Gasteiger partial charge on any atom is -0.622 e. The number of hydrogen-bond acceptors (Lipinski definition) is 5. The Kier molecular flexibility index (Phi) is 2.57. The number of hydrogen-bond donors (Lipinski definition) is 2. The van der Waals surface area contributed by atoms with Crippen molar-refractivity contribution in [3.63, 3.8) is 0 Å². The van der Waals surface area contributed by atoms with E-state index in [9.17, 15) is 25.5 Å². The number of aromatic hydroxyl groups is 2. The van der Waals surface area contributed by atoms with E-state index in [-0.39, 0.29) is 11.3 Å². The van der Waals surface area contributed by atoms with E-state index in [1.807, 2.05) is 0 Å². The monoisotopic (exact) mass is 250 g/mol. The molecule has 2 N–H and O–H groups in total. The van der Waals surface area contributed by atoms with Gasteiger partial charge in [0, 0.05) is 17.7 Å². The molecule has 0 fully saturated rings. The molecule has 2 rings (SSSR count). The highest BCUT2D eigenvalue weighted by atomic mass is 16.6. The van der Waals surface area contributed by atoms with Gasteiger partial charge in [0.25, 0.3) is 0 Å². The number of nitro groups is 1. The number of rotatable bonds is 2. The van der Waals surface area contributed by atoms with Gasteiger partial charge < -0.3 is 20.1 Å². The Bertz CT molecular complexity index is 589. The molecule has 1 aliphatic heterocycles. The number of quaternary nitrogens is 1. The maximum Gasteiger partial charge on any atom is 0.315 e. The molecule has 0 aliphatic carbocycles. The van der Waals surface area contributed by atoms with Gasteiger partial charge in [-0.1, -0.05) is 0 Å². The molecular weight excluding hydrogens is 240 g/mol. The number of hydroxylamine groups is 3. The van der Waals surface area contributed by atoms with E-state index in [2.05, 4.69) is 0 Å².